The van der Waals surface area contributed by atoms with Crippen molar-refractivity contribution >= 4 is 21.6 Å². The summed E-state index contributed by atoms with van der Waals surface area (Å²) in [5, 5.41) is 0. The van der Waals surface area contributed by atoms with Crippen LogP contribution in [0.25, 0.3) is 0 Å². The fourth-order valence-corrected chi connectivity index (χ4v) is 2.42. The normalized spacial score (nSPS) is 10.5. The highest BCUT2D eigenvalue weighted by atomic mass is 79.9. The van der Waals surface area contributed by atoms with Crippen LogP contribution in [0.2, 0.25) is 0 Å². The maximum absolute atomic E-state index is 5.82. The lowest BCUT2D eigenvalue weighted by atomic mass is 10.1. The predicted octanol–water partition coefficient (Wildman–Crippen LogP) is 3.85. The van der Waals surface area contributed by atoms with Crippen molar-refractivity contribution in [3.63, 3.8) is 0 Å². The van der Waals surface area contributed by atoms with E-state index >= 15 is 0 Å². The fraction of sp³-hybridized carbons (Fsp3) is 0.250. The molecule has 0 aromatic heterocycles. The van der Waals surface area contributed by atoms with Gasteiger partial charge in [0.1, 0.15) is 0 Å². The van der Waals surface area contributed by atoms with E-state index in [1.54, 1.807) is 0 Å². The van der Waals surface area contributed by atoms with Gasteiger partial charge in [0.25, 0.3) is 0 Å². The molecule has 0 unspecified atom stereocenters. The van der Waals surface area contributed by atoms with E-state index in [0.29, 0.717) is 6.54 Å². The van der Waals surface area contributed by atoms with Crippen LogP contribution in [0.15, 0.2) is 46.9 Å². The van der Waals surface area contributed by atoms with Gasteiger partial charge in [0.05, 0.1) is 0 Å². The number of halogens is 1. The summed E-state index contributed by atoms with van der Waals surface area (Å²) >= 11 is 3.46. The Balaban J connectivity index is 2.21. The standard InChI is InChI=1S/C16H19BrN2/c1-12-3-6-14(10-18)16(9-12)19(2)11-13-4-7-15(17)8-5-13/h3-9H,10-11,18H2,1-2H3. The van der Waals surface area contributed by atoms with Gasteiger partial charge in [0.15, 0.2) is 0 Å². The molecule has 0 saturated carbocycles. The molecule has 2 nitrogen and oxygen atoms in total. The largest absolute Gasteiger partial charge is 0.370 e. The average Bonchev–Trinajstić information content (AvgIpc) is 2.41. The SMILES string of the molecule is Cc1ccc(CN)c(N(C)Cc2ccc(Br)cc2)c1. The maximum Gasteiger partial charge on any atom is 0.0426 e. The summed E-state index contributed by atoms with van der Waals surface area (Å²) in [5.41, 5.74) is 10.8. The zero-order valence-electron chi connectivity index (χ0n) is 11.4. The predicted molar refractivity (Wildman–Crippen MR) is 85.3 cm³/mol. The number of aryl methyl sites for hydroxylation is 1. The van der Waals surface area contributed by atoms with Crippen molar-refractivity contribution in [3.05, 3.63) is 63.6 Å². The molecule has 0 aliphatic heterocycles. The molecule has 100 valence electrons. The van der Waals surface area contributed by atoms with E-state index in [9.17, 15) is 0 Å². The van der Waals surface area contributed by atoms with Crippen LogP contribution in [-0.4, -0.2) is 7.05 Å². The van der Waals surface area contributed by atoms with Crippen molar-refractivity contribution in [1.82, 2.24) is 0 Å². The lowest BCUT2D eigenvalue weighted by molar-refractivity contribution is 0.902. The zero-order chi connectivity index (χ0) is 13.8. The molecular formula is C16H19BrN2. The first-order chi connectivity index (χ1) is 9.10. The van der Waals surface area contributed by atoms with Crippen LogP contribution in [0.3, 0.4) is 0 Å². The second kappa shape index (κ2) is 6.22. The molecule has 2 N–H and O–H groups in total. The van der Waals surface area contributed by atoms with E-state index in [2.05, 4.69) is 77.3 Å². The van der Waals surface area contributed by atoms with Gasteiger partial charge in [0, 0.05) is 30.3 Å². The highest BCUT2D eigenvalue weighted by Gasteiger charge is 2.07. The number of hydrogen-bond acceptors (Lipinski definition) is 2. The summed E-state index contributed by atoms with van der Waals surface area (Å²) in [5.74, 6) is 0. The lowest BCUT2D eigenvalue weighted by Gasteiger charge is -2.23. The van der Waals surface area contributed by atoms with Crippen molar-refractivity contribution in [3.8, 4) is 0 Å². The Morgan fingerprint density at radius 1 is 1.11 bits per heavy atom. The van der Waals surface area contributed by atoms with Crippen LogP contribution in [0.5, 0.6) is 0 Å². The first-order valence-electron chi connectivity index (χ1n) is 6.35. The van der Waals surface area contributed by atoms with Gasteiger partial charge >= 0.3 is 0 Å². The van der Waals surface area contributed by atoms with E-state index in [-0.39, 0.29) is 0 Å². The topological polar surface area (TPSA) is 29.3 Å². The molecule has 0 radical (unpaired) electrons. The van der Waals surface area contributed by atoms with Crippen molar-refractivity contribution in [2.75, 3.05) is 11.9 Å². The Kier molecular flexibility index (Phi) is 4.61. The van der Waals surface area contributed by atoms with Crippen LogP contribution in [0, 0.1) is 6.92 Å². The van der Waals surface area contributed by atoms with Crippen molar-refractivity contribution in [2.45, 2.75) is 20.0 Å². The van der Waals surface area contributed by atoms with E-state index in [1.807, 2.05) is 0 Å². The van der Waals surface area contributed by atoms with Crippen molar-refractivity contribution in [2.24, 2.45) is 5.73 Å². The molecule has 2 aromatic rings. The van der Waals surface area contributed by atoms with Crippen LogP contribution in [0.4, 0.5) is 5.69 Å². The summed E-state index contributed by atoms with van der Waals surface area (Å²) in [4.78, 5) is 2.25. The Morgan fingerprint density at radius 3 is 2.42 bits per heavy atom. The molecule has 0 bridgehead atoms. The van der Waals surface area contributed by atoms with E-state index in [4.69, 9.17) is 5.73 Å². The van der Waals surface area contributed by atoms with Gasteiger partial charge in [-0.1, -0.05) is 40.2 Å². The van der Waals surface area contributed by atoms with Crippen LogP contribution in [-0.2, 0) is 13.1 Å². The molecule has 2 rings (SSSR count). The fourth-order valence-electron chi connectivity index (χ4n) is 2.15. The van der Waals surface area contributed by atoms with Gasteiger partial charge in [-0.15, -0.1) is 0 Å². The second-order valence-electron chi connectivity index (χ2n) is 4.82. The average molecular weight is 319 g/mol. The summed E-state index contributed by atoms with van der Waals surface area (Å²) < 4.78 is 1.11. The summed E-state index contributed by atoms with van der Waals surface area (Å²) in [6, 6.07) is 14.8. The Bertz CT molecular complexity index is 549. The molecule has 0 spiro atoms. The van der Waals surface area contributed by atoms with Gasteiger partial charge in [0.2, 0.25) is 0 Å². The summed E-state index contributed by atoms with van der Waals surface area (Å²) in [7, 11) is 2.11. The Labute approximate surface area is 123 Å². The highest BCUT2D eigenvalue weighted by molar-refractivity contribution is 9.10. The number of hydrogen-bond donors (Lipinski definition) is 1. The lowest BCUT2D eigenvalue weighted by Crippen LogP contribution is -2.19. The van der Waals surface area contributed by atoms with Gasteiger partial charge < -0.3 is 10.6 Å². The van der Waals surface area contributed by atoms with E-state index in [0.717, 1.165) is 11.0 Å². The Morgan fingerprint density at radius 2 is 1.79 bits per heavy atom. The van der Waals surface area contributed by atoms with Crippen LogP contribution in [0.1, 0.15) is 16.7 Å². The molecule has 0 atom stereocenters. The number of benzene rings is 2. The van der Waals surface area contributed by atoms with E-state index in [1.165, 1.54) is 22.4 Å². The van der Waals surface area contributed by atoms with Crippen LogP contribution < -0.4 is 10.6 Å². The minimum atomic E-state index is 0.570. The van der Waals surface area contributed by atoms with Crippen LogP contribution >= 0.6 is 15.9 Å². The van der Waals surface area contributed by atoms with Crippen molar-refractivity contribution in [1.29, 1.82) is 0 Å². The minimum Gasteiger partial charge on any atom is -0.370 e. The number of nitrogens with zero attached hydrogens (tertiary/aromatic N) is 1. The van der Waals surface area contributed by atoms with Gasteiger partial charge in [-0.3, -0.25) is 0 Å². The first-order valence-corrected chi connectivity index (χ1v) is 7.14. The van der Waals surface area contributed by atoms with Crippen molar-refractivity contribution < 1.29 is 0 Å². The molecule has 0 aliphatic rings. The molecule has 19 heavy (non-hydrogen) atoms. The van der Waals surface area contributed by atoms with Gasteiger partial charge in [-0.25, -0.2) is 0 Å². The van der Waals surface area contributed by atoms with Gasteiger partial charge in [-0.2, -0.15) is 0 Å². The zero-order valence-corrected chi connectivity index (χ0v) is 12.9. The molecule has 0 aliphatic carbocycles. The molecule has 0 fully saturated rings. The second-order valence-corrected chi connectivity index (χ2v) is 5.73. The molecule has 0 saturated heterocycles. The maximum atomic E-state index is 5.82. The number of rotatable bonds is 4. The third kappa shape index (κ3) is 3.58. The third-order valence-electron chi connectivity index (χ3n) is 3.20. The quantitative estimate of drug-likeness (QED) is 0.927. The molecule has 0 heterocycles. The van der Waals surface area contributed by atoms with Gasteiger partial charge in [-0.05, 0) is 41.8 Å². The summed E-state index contributed by atoms with van der Waals surface area (Å²) in [6.45, 7) is 3.56. The molecule has 2 aromatic carbocycles. The third-order valence-corrected chi connectivity index (χ3v) is 3.73. The smallest absolute Gasteiger partial charge is 0.0426 e. The number of anilines is 1. The van der Waals surface area contributed by atoms with E-state index < -0.39 is 0 Å². The molecule has 3 heteroatoms. The first kappa shape index (κ1) is 14.1. The Hall–Kier alpha value is -1.32. The molecular weight excluding hydrogens is 300 g/mol. The highest BCUT2D eigenvalue weighted by Crippen LogP contribution is 2.23. The minimum absolute atomic E-state index is 0.570. The molecule has 0 amide bonds. The monoisotopic (exact) mass is 318 g/mol. The summed E-state index contributed by atoms with van der Waals surface area (Å²) in [6.07, 6.45) is 0. The number of nitrogens with two attached hydrogens (primary N) is 1.